The number of pyridine rings is 1. The number of rotatable bonds is 2. The molecule has 1 saturated carbocycles. The summed E-state index contributed by atoms with van der Waals surface area (Å²) in [5.41, 5.74) is 2.68. The Kier molecular flexibility index (Phi) is 3.17. The molecule has 1 N–H and O–H groups in total. The molecule has 1 aromatic heterocycles. The molecule has 0 spiro atoms. The average molecular weight is 254 g/mol. The van der Waals surface area contributed by atoms with Gasteiger partial charge in [0.05, 0.1) is 5.52 Å². The molecule has 100 valence electrons. The van der Waals surface area contributed by atoms with Crippen molar-refractivity contribution in [3.63, 3.8) is 0 Å². The van der Waals surface area contributed by atoms with E-state index in [2.05, 4.69) is 48.4 Å². The predicted octanol–water partition coefficient (Wildman–Crippen LogP) is 4.62. The Labute approximate surface area is 115 Å². The van der Waals surface area contributed by atoms with Crippen molar-refractivity contribution in [2.75, 3.05) is 5.32 Å². The van der Waals surface area contributed by atoms with Gasteiger partial charge in [-0.25, -0.2) is 0 Å². The molecule has 0 saturated heterocycles. The first-order chi connectivity index (χ1) is 9.17. The number of anilines is 1. The molecule has 2 nitrogen and oxygen atoms in total. The van der Waals surface area contributed by atoms with Gasteiger partial charge in [0.25, 0.3) is 0 Å². The monoisotopic (exact) mass is 254 g/mol. The normalized spacial score (nSPS) is 22.3. The number of hydrogen-bond acceptors (Lipinski definition) is 2. The van der Waals surface area contributed by atoms with Crippen molar-refractivity contribution in [3.05, 3.63) is 36.5 Å². The Balaban J connectivity index is 1.93. The summed E-state index contributed by atoms with van der Waals surface area (Å²) in [7, 11) is 0. The first-order valence-electron chi connectivity index (χ1n) is 7.27. The van der Waals surface area contributed by atoms with Gasteiger partial charge in [-0.1, -0.05) is 44.9 Å². The van der Waals surface area contributed by atoms with E-state index in [0.29, 0.717) is 11.5 Å². The molecule has 3 rings (SSSR count). The Bertz CT molecular complexity index is 569. The van der Waals surface area contributed by atoms with Crippen LogP contribution in [-0.4, -0.2) is 11.0 Å². The number of hydrogen-bond donors (Lipinski definition) is 1. The SMILES string of the molecule is CC1(C)CCCCC1Nc1ccnc2ccccc12. The van der Waals surface area contributed by atoms with Crippen molar-refractivity contribution < 1.29 is 0 Å². The van der Waals surface area contributed by atoms with Crippen LogP contribution in [0.3, 0.4) is 0 Å². The van der Waals surface area contributed by atoms with Crippen LogP contribution >= 0.6 is 0 Å². The van der Waals surface area contributed by atoms with E-state index < -0.39 is 0 Å². The summed E-state index contributed by atoms with van der Waals surface area (Å²) < 4.78 is 0. The molecular weight excluding hydrogens is 232 g/mol. The summed E-state index contributed by atoms with van der Waals surface area (Å²) in [6, 6.07) is 11.0. The van der Waals surface area contributed by atoms with E-state index in [4.69, 9.17) is 0 Å². The van der Waals surface area contributed by atoms with Gasteiger partial charge in [0.1, 0.15) is 0 Å². The Morgan fingerprint density at radius 2 is 2.00 bits per heavy atom. The van der Waals surface area contributed by atoms with E-state index in [1.807, 2.05) is 12.3 Å². The molecule has 0 amide bonds. The van der Waals surface area contributed by atoms with Crippen molar-refractivity contribution in [1.29, 1.82) is 0 Å². The molecule has 1 aliphatic carbocycles. The minimum Gasteiger partial charge on any atom is -0.381 e. The molecule has 1 heterocycles. The van der Waals surface area contributed by atoms with Crippen LogP contribution in [0.25, 0.3) is 10.9 Å². The van der Waals surface area contributed by atoms with Gasteiger partial charge in [0.2, 0.25) is 0 Å². The van der Waals surface area contributed by atoms with Crippen molar-refractivity contribution in [3.8, 4) is 0 Å². The van der Waals surface area contributed by atoms with Crippen LogP contribution in [0.1, 0.15) is 39.5 Å². The number of nitrogens with zero attached hydrogens (tertiary/aromatic N) is 1. The average Bonchev–Trinajstić information content (AvgIpc) is 2.41. The quantitative estimate of drug-likeness (QED) is 0.846. The van der Waals surface area contributed by atoms with E-state index in [1.54, 1.807) is 0 Å². The predicted molar refractivity (Wildman–Crippen MR) is 81.4 cm³/mol. The maximum atomic E-state index is 4.43. The largest absolute Gasteiger partial charge is 0.381 e. The molecule has 0 aliphatic heterocycles. The lowest BCUT2D eigenvalue weighted by molar-refractivity contribution is 0.217. The summed E-state index contributed by atoms with van der Waals surface area (Å²) in [5, 5.41) is 5.00. The van der Waals surface area contributed by atoms with Gasteiger partial charge in [-0.15, -0.1) is 0 Å². The summed E-state index contributed by atoms with van der Waals surface area (Å²) in [4.78, 5) is 4.43. The third kappa shape index (κ3) is 2.44. The third-order valence-corrected chi connectivity index (χ3v) is 4.49. The minimum absolute atomic E-state index is 0.378. The molecular formula is C17H22N2. The first-order valence-corrected chi connectivity index (χ1v) is 7.27. The molecule has 1 atom stereocenters. The maximum Gasteiger partial charge on any atom is 0.0722 e. The number of fused-ring (bicyclic) bond motifs is 1. The molecule has 0 bridgehead atoms. The standard InChI is InChI=1S/C17H22N2/c1-17(2)11-6-5-9-16(17)19-15-10-12-18-14-8-4-3-7-13(14)15/h3-4,7-8,10,12,16H,5-6,9,11H2,1-2H3,(H,18,19). The van der Waals surface area contributed by atoms with Crippen LogP contribution in [0, 0.1) is 5.41 Å². The zero-order valence-corrected chi connectivity index (χ0v) is 11.8. The van der Waals surface area contributed by atoms with Gasteiger partial charge in [0, 0.05) is 23.3 Å². The topological polar surface area (TPSA) is 24.9 Å². The zero-order valence-electron chi connectivity index (χ0n) is 11.8. The minimum atomic E-state index is 0.378. The van der Waals surface area contributed by atoms with Gasteiger partial charge in [0.15, 0.2) is 0 Å². The number of nitrogens with one attached hydrogen (secondary N) is 1. The number of benzene rings is 1. The lowest BCUT2D eigenvalue weighted by atomic mass is 9.73. The van der Waals surface area contributed by atoms with Gasteiger partial charge in [-0.3, -0.25) is 4.98 Å². The van der Waals surface area contributed by atoms with E-state index in [0.717, 1.165) is 5.52 Å². The van der Waals surface area contributed by atoms with E-state index >= 15 is 0 Å². The van der Waals surface area contributed by atoms with Gasteiger partial charge in [-0.2, -0.15) is 0 Å². The van der Waals surface area contributed by atoms with Crippen LogP contribution in [0.2, 0.25) is 0 Å². The highest BCUT2D eigenvalue weighted by Crippen LogP contribution is 2.38. The Hall–Kier alpha value is -1.57. The first kappa shape index (κ1) is 12.5. The number of aromatic nitrogens is 1. The molecule has 19 heavy (non-hydrogen) atoms. The molecule has 2 aromatic rings. The second kappa shape index (κ2) is 4.84. The van der Waals surface area contributed by atoms with Crippen molar-refractivity contribution in [2.45, 2.75) is 45.6 Å². The van der Waals surface area contributed by atoms with Crippen LogP contribution in [0.4, 0.5) is 5.69 Å². The summed E-state index contributed by atoms with van der Waals surface area (Å²) in [6.07, 6.45) is 7.18. The lowest BCUT2D eigenvalue weighted by Gasteiger charge is -2.39. The lowest BCUT2D eigenvalue weighted by Crippen LogP contribution is -2.38. The van der Waals surface area contributed by atoms with Crippen LogP contribution in [-0.2, 0) is 0 Å². The Morgan fingerprint density at radius 3 is 2.84 bits per heavy atom. The van der Waals surface area contributed by atoms with Crippen LogP contribution in [0.15, 0.2) is 36.5 Å². The van der Waals surface area contributed by atoms with E-state index in [-0.39, 0.29) is 0 Å². The van der Waals surface area contributed by atoms with Crippen molar-refractivity contribution in [2.24, 2.45) is 5.41 Å². The molecule has 1 unspecified atom stereocenters. The highest BCUT2D eigenvalue weighted by Gasteiger charge is 2.32. The zero-order chi connectivity index (χ0) is 13.3. The van der Waals surface area contributed by atoms with E-state index in [9.17, 15) is 0 Å². The second-order valence-electron chi connectivity index (χ2n) is 6.31. The van der Waals surface area contributed by atoms with E-state index in [1.165, 1.54) is 36.8 Å². The number of para-hydroxylation sites is 1. The van der Waals surface area contributed by atoms with Gasteiger partial charge < -0.3 is 5.32 Å². The highest BCUT2D eigenvalue weighted by atomic mass is 14.9. The van der Waals surface area contributed by atoms with Gasteiger partial charge in [-0.05, 0) is 30.4 Å². The van der Waals surface area contributed by atoms with Crippen molar-refractivity contribution in [1.82, 2.24) is 4.98 Å². The smallest absolute Gasteiger partial charge is 0.0722 e. The fraction of sp³-hybridized carbons (Fsp3) is 0.471. The fourth-order valence-corrected chi connectivity index (χ4v) is 3.17. The third-order valence-electron chi connectivity index (χ3n) is 4.49. The molecule has 1 fully saturated rings. The summed E-state index contributed by atoms with van der Waals surface area (Å²) in [6.45, 7) is 4.76. The molecule has 1 aliphatic rings. The molecule has 1 aromatic carbocycles. The maximum absolute atomic E-state index is 4.43. The molecule has 0 radical (unpaired) electrons. The fourth-order valence-electron chi connectivity index (χ4n) is 3.17. The molecule has 2 heteroatoms. The highest BCUT2D eigenvalue weighted by molar-refractivity contribution is 5.90. The van der Waals surface area contributed by atoms with Crippen molar-refractivity contribution >= 4 is 16.6 Å². The van der Waals surface area contributed by atoms with Gasteiger partial charge >= 0.3 is 0 Å². The summed E-state index contributed by atoms with van der Waals surface area (Å²) >= 11 is 0. The van der Waals surface area contributed by atoms with Crippen LogP contribution in [0.5, 0.6) is 0 Å². The summed E-state index contributed by atoms with van der Waals surface area (Å²) in [5.74, 6) is 0. The van der Waals surface area contributed by atoms with Crippen LogP contribution < -0.4 is 5.32 Å². The Morgan fingerprint density at radius 1 is 1.16 bits per heavy atom. The second-order valence-corrected chi connectivity index (χ2v) is 6.31.